The number of nitrogens with one attached hydrogen (secondary N) is 1. The molecule has 1 amide bonds. The first kappa shape index (κ1) is 25.0. The zero-order valence-electron chi connectivity index (χ0n) is 19.7. The van der Waals surface area contributed by atoms with Gasteiger partial charge in [-0.15, -0.1) is 5.06 Å². The maximum absolute atomic E-state index is 13.1. The second-order valence-corrected chi connectivity index (χ2v) is 8.29. The average Bonchev–Trinajstić information content (AvgIpc) is 3.30. The summed E-state index contributed by atoms with van der Waals surface area (Å²) in [4.78, 5) is 48.2. The van der Waals surface area contributed by atoms with E-state index in [2.05, 4.69) is 10.3 Å². The number of rotatable bonds is 7. The predicted octanol–water partition coefficient (Wildman–Crippen LogP) is 2.09. The summed E-state index contributed by atoms with van der Waals surface area (Å²) < 4.78 is 19.7. The van der Waals surface area contributed by atoms with E-state index in [1.807, 2.05) is 0 Å². The molecule has 4 rings (SSSR count). The van der Waals surface area contributed by atoms with E-state index in [1.54, 1.807) is 30.3 Å². The van der Waals surface area contributed by atoms with Gasteiger partial charge in [0, 0.05) is 27.1 Å². The third kappa shape index (κ3) is 5.26. The molecule has 2 N–H and O–H groups in total. The van der Waals surface area contributed by atoms with Crippen molar-refractivity contribution in [3.63, 3.8) is 0 Å². The molecule has 1 fully saturated rings. The summed E-state index contributed by atoms with van der Waals surface area (Å²) in [5, 5.41) is 14.3. The Hall–Kier alpha value is -4.09. The van der Waals surface area contributed by atoms with Crippen LogP contribution < -0.4 is 10.9 Å². The van der Waals surface area contributed by atoms with Gasteiger partial charge in [0.25, 0.3) is 11.5 Å². The molecule has 11 heteroatoms. The van der Waals surface area contributed by atoms with Gasteiger partial charge in [-0.25, -0.2) is 14.2 Å². The summed E-state index contributed by atoms with van der Waals surface area (Å²) in [6, 6.07) is 13.2. The molecule has 3 aromatic rings. The fraction of sp³-hybridized carbons (Fsp3) is 0.280. The molecule has 0 aliphatic carbocycles. The molecular weight excluding hydrogens is 471 g/mol. The summed E-state index contributed by atoms with van der Waals surface area (Å²) >= 11 is 0. The number of aromatic nitrogens is 2. The Bertz CT molecular complexity index is 1310. The molecule has 10 nitrogen and oxygen atoms in total. The van der Waals surface area contributed by atoms with Gasteiger partial charge in [0.2, 0.25) is 5.75 Å². The molecule has 0 unspecified atom stereocenters. The molecule has 188 valence electrons. The molecular formula is C25H25FN4O6. The van der Waals surface area contributed by atoms with E-state index in [-0.39, 0.29) is 25.0 Å². The molecule has 1 saturated heterocycles. The molecule has 0 spiro atoms. The van der Waals surface area contributed by atoms with Crippen molar-refractivity contribution in [3.05, 3.63) is 93.4 Å². The molecule has 0 saturated carbocycles. The number of carbonyl (C=O) groups is 2. The first-order valence-corrected chi connectivity index (χ1v) is 11.2. The van der Waals surface area contributed by atoms with Gasteiger partial charge in [0.1, 0.15) is 17.7 Å². The van der Waals surface area contributed by atoms with E-state index < -0.39 is 40.7 Å². The number of hydrogen-bond donors (Lipinski definition) is 2. The van der Waals surface area contributed by atoms with Crippen LogP contribution in [0.4, 0.5) is 4.39 Å². The number of hydrogen-bond acceptors (Lipinski definition) is 8. The topological polar surface area (TPSA) is 123 Å². The monoisotopic (exact) mass is 496 g/mol. The Morgan fingerprint density at radius 3 is 2.53 bits per heavy atom. The summed E-state index contributed by atoms with van der Waals surface area (Å²) in [7, 11) is 2.92. The van der Waals surface area contributed by atoms with Crippen molar-refractivity contribution in [1.29, 1.82) is 0 Å². The van der Waals surface area contributed by atoms with Crippen molar-refractivity contribution in [3.8, 4) is 5.75 Å². The Morgan fingerprint density at radius 2 is 1.86 bits per heavy atom. The highest BCUT2D eigenvalue weighted by atomic mass is 19.1. The standard InChI is InChI=1S/C25H25FN4O6/c1-29-22(19-12-18(35-2)14-30(19)36-25(34)16-6-4-3-5-7-16)28-20(21(31)24(29)33)23(32)27-13-15-8-10-17(26)11-9-15/h3-11,18-19,31H,12-14H2,1-2H3,(H,27,32)/t18-,19+/m1/s1. The highest BCUT2D eigenvalue weighted by Gasteiger charge is 2.39. The quantitative estimate of drug-likeness (QED) is 0.510. The van der Waals surface area contributed by atoms with Gasteiger partial charge >= 0.3 is 5.97 Å². The highest BCUT2D eigenvalue weighted by molar-refractivity contribution is 5.94. The second-order valence-electron chi connectivity index (χ2n) is 8.29. The van der Waals surface area contributed by atoms with E-state index in [1.165, 1.54) is 43.5 Å². The summed E-state index contributed by atoms with van der Waals surface area (Å²) in [5.41, 5.74) is -0.343. The van der Waals surface area contributed by atoms with Crippen LogP contribution in [-0.2, 0) is 23.2 Å². The molecule has 36 heavy (non-hydrogen) atoms. The molecule has 2 aromatic carbocycles. The lowest BCUT2D eigenvalue weighted by Gasteiger charge is -2.24. The van der Waals surface area contributed by atoms with Gasteiger partial charge < -0.3 is 20.0 Å². The van der Waals surface area contributed by atoms with Crippen molar-refractivity contribution in [2.45, 2.75) is 25.1 Å². The van der Waals surface area contributed by atoms with Gasteiger partial charge in [-0.2, -0.15) is 0 Å². The number of benzene rings is 2. The van der Waals surface area contributed by atoms with E-state index in [9.17, 15) is 23.9 Å². The number of amides is 1. The van der Waals surface area contributed by atoms with Gasteiger partial charge in [0.05, 0.1) is 18.2 Å². The van der Waals surface area contributed by atoms with Crippen molar-refractivity contribution >= 4 is 11.9 Å². The van der Waals surface area contributed by atoms with E-state index in [0.717, 1.165) is 4.57 Å². The van der Waals surface area contributed by atoms with Crippen LogP contribution in [0.1, 0.15) is 44.7 Å². The van der Waals surface area contributed by atoms with Gasteiger partial charge in [-0.3, -0.25) is 14.2 Å². The smallest absolute Gasteiger partial charge is 0.357 e. The zero-order chi connectivity index (χ0) is 25.8. The van der Waals surface area contributed by atoms with Crippen molar-refractivity contribution in [2.75, 3.05) is 13.7 Å². The van der Waals surface area contributed by atoms with Crippen LogP contribution in [0.3, 0.4) is 0 Å². The lowest BCUT2D eigenvalue weighted by atomic mass is 10.1. The van der Waals surface area contributed by atoms with Gasteiger partial charge in [0.15, 0.2) is 5.69 Å². The zero-order valence-corrected chi connectivity index (χ0v) is 19.7. The maximum Gasteiger partial charge on any atom is 0.357 e. The van der Waals surface area contributed by atoms with Gasteiger partial charge in [-0.05, 0) is 29.8 Å². The summed E-state index contributed by atoms with van der Waals surface area (Å²) in [6.45, 7) is 0.239. The molecule has 1 aromatic heterocycles. The maximum atomic E-state index is 13.1. The van der Waals surface area contributed by atoms with Crippen LogP contribution in [0.2, 0.25) is 0 Å². The fourth-order valence-corrected chi connectivity index (χ4v) is 3.94. The number of nitrogens with zero attached hydrogens (tertiary/aromatic N) is 3. The Kier molecular flexibility index (Phi) is 7.41. The summed E-state index contributed by atoms with van der Waals surface area (Å²) in [6.07, 6.45) is -0.0136. The lowest BCUT2D eigenvalue weighted by Crippen LogP contribution is -2.35. The molecule has 2 atom stereocenters. The van der Waals surface area contributed by atoms with Crippen molar-refractivity contribution in [2.24, 2.45) is 7.05 Å². The second kappa shape index (κ2) is 10.7. The fourth-order valence-electron chi connectivity index (χ4n) is 3.94. The average molecular weight is 496 g/mol. The minimum absolute atomic E-state index is 0.0285. The lowest BCUT2D eigenvalue weighted by molar-refractivity contribution is -0.127. The molecule has 2 heterocycles. The Labute approximate surface area is 205 Å². The van der Waals surface area contributed by atoms with Crippen LogP contribution >= 0.6 is 0 Å². The van der Waals surface area contributed by atoms with Crippen LogP contribution in [0.5, 0.6) is 5.75 Å². The van der Waals surface area contributed by atoms with E-state index in [0.29, 0.717) is 17.5 Å². The third-order valence-electron chi connectivity index (χ3n) is 5.94. The van der Waals surface area contributed by atoms with Crippen LogP contribution in [-0.4, -0.2) is 51.4 Å². The molecule has 0 radical (unpaired) electrons. The number of hydroxylamine groups is 2. The number of carbonyl (C=O) groups excluding carboxylic acids is 2. The SMILES string of the molecule is CO[C@@H]1C[C@@H](c2nc(C(=O)NCc3ccc(F)cc3)c(O)c(=O)n2C)N(OC(=O)c2ccccc2)C1. The summed E-state index contributed by atoms with van der Waals surface area (Å²) in [5.74, 6) is -2.50. The first-order valence-electron chi connectivity index (χ1n) is 11.2. The van der Waals surface area contributed by atoms with Crippen LogP contribution in [0.25, 0.3) is 0 Å². The largest absolute Gasteiger partial charge is 0.501 e. The van der Waals surface area contributed by atoms with Crippen molar-refractivity contribution in [1.82, 2.24) is 19.9 Å². The number of ether oxygens (including phenoxy) is 1. The Balaban J connectivity index is 1.61. The molecule has 1 aliphatic rings. The number of aromatic hydroxyl groups is 1. The first-order chi connectivity index (χ1) is 17.3. The predicted molar refractivity (Wildman–Crippen MR) is 125 cm³/mol. The van der Waals surface area contributed by atoms with E-state index >= 15 is 0 Å². The third-order valence-corrected chi connectivity index (χ3v) is 5.94. The number of halogens is 1. The minimum atomic E-state index is -0.831. The minimum Gasteiger partial charge on any atom is -0.501 e. The normalized spacial score (nSPS) is 17.6. The van der Waals surface area contributed by atoms with E-state index in [4.69, 9.17) is 9.57 Å². The highest BCUT2D eigenvalue weighted by Crippen LogP contribution is 2.33. The van der Waals surface area contributed by atoms with Crippen LogP contribution in [0.15, 0.2) is 59.4 Å². The molecule has 1 aliphatic heterocycles. The Morgan fingerprint density at radius 1 is 1.17 bits per heavy atom. The van der Waals surface area contributed by atoms with Crippen molar-refractivity contribution < 1.29 is 28.7 Å². The van der Waals surface area contributed by atoms with Crippen LogP contribution in [0, 0.1) is 5.82 Å². The molecule has 0 bridgehead atoms. The number of methoxy groups -OCH3 is 1. The van der Waals surface area contributed by atoms with Gasteiger partial charge in [-0.1, -0.05) is 30.3 Å².